The van der Waals surface area contributed by atoms with E-state index in [1.54, 1.807) is 10.5 Å². The Hall–Kier alpha value is -1.28. The number of benzene rings is 1. The molecule has 0 amide bonds. The quantitative estimate of drug-likeness (QED) is 0.641. The van der Waals surface area contributed by atoms with E-state index in [2.05, 4.69) is 44.2 Å². The van der Waals surface area contributed by atoms with Crippen molar-refractivity contribution in [1.82, 2.24) is 0 Å². The van der Waals surface area contributed by atoms with Crippen LogP contribution in [-0.4, -0.2) is 5.78 Å². The highest BCUT2D eigenvalue weighted by molar-refractivity contribution is 8.03. The Kier molecular flexibility index (Phi) is 4.20. The van der Waals surface area contributed by atoms with Crippen molar-refractivity contribution >= 4 is 17.5 Å². The summed E-state index contributed by atoms with van der Waals surface area (Å²) in [6, 6.07) is 10.8. The fourth-order valence-corrected chi connectivity index (χ4v) is 6.11. The summed E-state index contributed by atoms with van der Waals surface area (Å²) < 4.78 is 0. The van der Waals surface area contributed by atoms with Gasteiger partial charge in [-0.05, 0) is 79.4 Å². The zero-order valence-electron chi connectivity index (χ0n) is 14.7. The summed E-state index contributed by atoms with van der Waals surface area (Å²) in [5, 5.41) is 0. The van der Waals surface area contributed by atoms with E-state index >= 15 is 0 Å². The molecule has 2 heteroatoms. The molecule has 4 rings (SSSR count). The zero-order valence-corrected chi connectivity index (χ0v) is 15.5. The minimum absolute atomic E-state index is 0.352. The number of hydrogen-bond acceptors (Lipinski definition) is 2. The van der Waals surface area contributed by atoms with Gasteiger partial charge in [0.1, 0.15) is 0 Å². The summed E-state index contributed by atoms with van der Waals surface area (Å²) in [4.78, 5) is 14.8. The van der Waals surface area contributed by atoms with E-state index in [1.165, 1.54) is 29.7 Å². The highest BCUT2D eigenvalue weighted by atomic mass is 32.2. The van der Waals surface area contributed by atoms with E-state index in [9.17, 15) is 4.79 Å². The summed E-state index contributed by atoms with van der Waals surface area (Å²) >= 11 is 1.97. The second-order valence-corrected chi connectivity index (χ2v) is 9.35. The van der Waals surface area contributed by atoms with Gasteiger partial charge in [0.15, 0.2) is 5.78 Å². The largest absolute Gasteiger partial charge is 0.295 e. The van der Waals surface area contributed by atoms with Crippen LogP contribution in [0.2, 0.25) is 0 Å². The topological polar surface area (TPSA) is 17.1 Å². The van der Waals surface area contributed by atoms with Gasteiger partial charge in [0, 0.05) is 11.3 Å². The van der Waals surface area contributed by atoms with Crippen LogP contribution in [-0.2, 0) is 4.79 Å². The van der Waals surface area contributed by atoms with E-state index in [1.807, 2.05) is 17.8 Å². The number of fused-ring (bicyclic) bond motifs is 2. The number of rotatable bonds is 2. The van der Waals surface area contributed by atoms with Crippen LogP contribution < -0.4 is 0 Å². The second-order valence-electron chi connectivity index (χ2n) is 8.18. The molecule has 1 aromatic carbocycles. The smallest absolute Gasteiger partial charge is 0.155 e. The molecule has 1 aromatic rings. The van der Waals surface area contributed by atoms with Gasteiger partial charge in [-0.2, -0.15) is 0 Å². The molecular weight excluding hydrogens is 312 g/mol. The Morgan fingerprint density at radius 2 is 1.96 bits per heavy atom. The molecule has 0 saturated heterocycles. The van der Waals surface area contributed by atoms with Gasteiger partial charge >= 0.3 is 0 Å². The molecule has 3 aliphatic rings. The van der Waals surface area contributed by atoms with Gasteiger partial charge in [0.05, 0.1) is 0 Å². The van der Waals surface area contributed by atoms with E-state index < -0.39 is 0 Å². The standard InChI is InChI=1S/C22H26OS/c1-15-13-22(2)14-17-11-19(23)9-8-16(17)10-18(22)12-21(15)24-20-6-4-3-5-7-20/h3-7,11,16,18H,8-10,12-14H2,1-2H3/t16-,18-,22+/m1/s1. The molecule has 0 unspecified atom stereocenters. The van der Waals surface area contributed by atoms with Crippen molar-refractivity contribution in [2.45, 2.75) is 57.3 Å². The number of carbonyl (C=O) groups is 1. The van der Waals surface area contributed by atoms with Crippen molar-refractivity contribution in [2.24, 2.45) is 17.3 Å². The third-order valence-corrected chi connectivity index (χ3v) is 7.60. The highest BCUT2D eigenvalue weighted by Crippen LogP contribution is 2.57. The van der Waals surface area contributed by atoms with Crippen LogP contribution in [0.25, 0.3) is 0 Å². The summed E-state index contributed by atoms with van der Waals surface area (Å²) in [7, 11) is 0. The molecular formula is C22H26OS. The van der Waals surface area contributed by atoms with Crippen LogP contribution in [0, 0.1) is 17.3 Å². The van der Waals surface area contributed by atoms with Crippen molar-refractivity contribution < 1.29 is 4.79 Å². The zero-order chi connectivity index (χ0) is 16.7. The number of ketones is 1. The first-order valence-corrected chi connectivity index (χ1v) is 10.00. The predicted molar refractivity (Wildman–Crippen MR) is 101 cm³/mol. The normalized spacial score (nSPS) is 32.9. The summed E-state index contributed by atoms with van der Waals surface area (Å²) in [5.74, 6) is 1.79. The number of allylic oxidation sites excluding steroid dienone is 4. The van der Waals surface area contributed by atoms with Crippen LogP contribution in [0.5, 0.6) is 0 Å². The predicted octanol–water partition coefficient (Wildman–Crippen LogP) is 6.17. The molecule has 126 valence electrons. The Balaban J connectivity index is 1.58. The van der Waals surface area contributed by atoms with E-state index in [0.29, 0.717) is 17.1 Å². The second kappa shape index (κ2) is 6.22. The molecule has 0 heterocycles. The molecule has 0 bridgehead atoms. The third kappa shape index (κ3) is 3.01. The lowest BCUT2D eigenvalue weighted by atomic mass is 9.56. The minimum Gasteiger partial charge on any atom is -0.295 e. The van der Waals surface area contributed by atoms with Crippen molar-refractivity contribution in [3.63, 3.8) is 0 Å². The fourth-order valence-electron chi connectivity index (χ4n) is 5.00. The molecule has 0 N–H and O–H groups in total. The van der Waals surface area contributed by atoms with Crippen molar-refractivity contribution in [3.05, 3.63) is 52.5 Å². The summed E-state index contributed by atoms with van der Waals surface area (Å²) in [6.07, 6.45) is 8.66. The molecule has 0 radical (unpaired) electrons. The molecule has 1 fully saturated rings. The van der Waals surface area contributed by atoms with Crippen LogP contribution in [0.1, 0.15) is 52.4 Å². The average molecular weight is 339 g/mol. The molecule has 0 aromatic heterocycles. The monoisotopic (exact) mass is 338 g/mol. The maximum absolute atomic E-state index is 11.8. The van der Waals surface area contributed by atoms with Gasteiger partial charge in [-0.3, -0.25) is 4.79 Å². The summed E-state index contributed by atoms with van der Waals surface area (Å²) in [5.41, 5.74) is 3.37. The fraction of sp³-hybridized carbons (Fsp3) is 0.500. The molecule has 0 aliphatic heterocycles. The van der Waals surface area contributed by atoms with Gasteiger partial charge in [-0.25, -0.2) is 0 Å². The number of thioether (sulfide) groups is 1. The van der Waals surface area contributed by atoms with E-state index in [-0.39, 0.29) is 0 Å². The number of hydrogen-bond donors (Lipinski definition) is 0. The molecule has 3 aliphatic carbocycles. The highest BCUT2D eigenvalue weighted by Gasteiger charge is 2.45. The van der Waals surface area contributed by atoms with Gasteiger partial charge in [-0.15, -0.1) is 0 Å². The Labute approximate surface area is 149 Å². The van der Waals surface area contributed by atoms with Crippen LogP contribution in [0.15, 0.2) is 57.4 Å². The van der Waals surface area contributed by atoms with Crippen LogP contribution >= 0.6 is 11.8 Å². The Bertz CT molecular complexity index is 715. The lowest BCUT2D eigenvalue weighted by Crippen LogP contribution is -2.39. The van der Waals surface area contributed by atoms with Crippen LogP contribution in [0.3, 0.4) is 0 Å². The van der Waals surface area contributed by atoms with Crippen molar-refractivity contribution in [1.29, 1.82) is 0 Å². The molecule has 0 spiro atoms. The average Bonchev–Trinajstić information content (AvgIpc) is 2.55. The molecule has 1 saturated carbocycles. The summed E-state index contributed by atoms with van der Waals surface area (Å²) in [6.45, 7) is 4.78. The first-order chi connectivity index (χ1) is 11.5. The molecule has 1 nitrogen and oxygen atoms in total. The van der Waals surface area contributed by atoms with E-state index in [4.69, 9.17) is 0 Å². The maximum atomic E-state index is 11.8. The number of carbonyl (C=O) groups excluding carboxylic acids is 1. The van der Waals surface area contributed by atoms with Gasteiger partial charge < -0.3 is 0 Å². The van der Waals surface area contributed by atoms with Gasteiger partial charge in [-0.1, -0.05) is 48.0 Å². The van der Waals surface area contributed by atoms with Crippen molar-refractivity contribution in [3.8, 4) is 0 Å². The Morgan fingerprint density at radius 3 is 2.75 bits per heavy atom. The molecule has 3 atom stereocenters. The SMILES string of the molecule is CC1=C(Sc2ccccc2)C[C@H]2C[C@H]3CCC(=O)C=C3C[C@]2(C)C1. The van der Waals surface area contributed by atoms with Gasteiger partial charge in [0.2, 0.25) is 0 Å². The van der Waals surface area contributed by atoms with E-state index in [0.717, 1.165) is 25.2 Å². The first-order valence-electron chi connectivity index (χ1n) is 9.18. The third-order valence-electron chi connectivity index (χ3n) is 6.33. The van der Waals surface area contributed by atoms with Gasteiger partial charge in [0.25, 0.3) is 0 Å². The van der Waals surface area contributed by atoms with Crippen LogP contribution in [0.4, 0.5) is 0 Å². The maximum Gasteiger partial charge on any atom is 0.155 e. The lowest BCUT2D eigenvalue weighted by molar-refractivity contribution is -0.115. The minimum atomic E-state index is 0.352. The Morgan fingerprint density at radius 1 is 1.17 bits per heavy atom. The first kappa shape index (κ1) is 16.2. The van der Waals surface area contributed by atoms with Crippen molar-refractivity contribution in [2.75, 3.05) is 0 Å². The molecule has 24 heavy (non-hydrogen) atoms. The lowest BCUT2D eigenvalue weighted by Gasteiger charge is -2.50.